The van der Waals surface area contributed by atoms with Crippen molar-refractivity contribution < 1.29 is 9.34 Å². The highest BCUT2D eigenvalue weighted by Crippen LogP contribution is 2.24. The number of nitrogens with one attached hydrogen (secondary N) is 2. The van der Waals surface area contributed by atoms with E-state index in [-0.39, 0.29) is 16.7 Å². The number of nitro benzene ring substituents is 1. The van der Waals surface area contributed by atoms with Crippen LogP contribution in [0.25, 0.3) is 0 Å². The lowest BCUT2D eigenvalue weighted by Crippen LogP contribution is -2.42. The van der Waals surface area contributed by atoms with E-state index in [0.717, 1.165) is 18.8 Å². The van der Waals surface area contributed by atoms with Gasteiger partial charge >= 0.3 is 0 Å². The van der Waals surface area contributed by atoms with Crippen LogP contribution < -0.4 is 10.6 Å². The van der Waals surface area contributed by atoms with Gasteiger partial charge in [-0.25, -0.2) is 0 Å². The third-order valence-electron chi connectivity index (χ3n) is 4.77. The first kappa shape index (κ1) is 18.9. The van der Waals surface area contributed by atoms with E-state index in [1.807, 2.05) is 12.1 Å². The number of hydrogen-bond donors (Lipinski definition) is 2. The maximum absolute atomic E-state index is 11.1. The molecule has 1 aromatic carbocycles. The van der Waals surface area contributed by atoms with E-state index in [1.165, 1.54) is 18.9 Å². The summed E-state index contributed by atoms with van der Waals surface area (Å²) in [6.45, 7) is 3.07. The number of rotatable bonds is 7. The predicted molar refractivity (Wildman–Crippen MR) is 104 cm³/mol. The van der Waals surface area contributed by atoms with Gasteiger partial charge in [0.1, 0.15) is 5.76 Å². The molecule has 2 N–H and O–H groups in total. The van der Waals surface area contributed by atoms with Crippen molar-refractivity contribution in [1.82, 2.24) is 15.5 Å². The van der Waals surface area contributed by atoms with E-state index >= 15 is 0 Å². The van der Waals surface area contributed by atoms with Gasteiger partial charge < -0.3 is 15.1 Å². The highest BCUT2D eigenvalue weighted by Gasteiger charge is 2.25. The molecule has 0 amide bonds. The quantitative estimate of drug-likeness (QED) is 0.336. The number of nitro groups is 1. The summed E-state index contributed by atoms with van der Waals surface area (Å²) in [5, 5.41) is 17.6. The van der Waals surface area contributed by atoms with Crippen LogP contribution >= 0.6 is 0 Å². The predicted octanol–water partition coefficient (Wildman–Crippen LogP) is 2.69. The molecule has 3 rings (SSSR count). The monoisotopic (exact) mass is 371 g/mol. The molecular weight excluding hydrogens is 346 g/mol. The number of aliphatic imine (C=N–C) groups is 1. The lowest BCUT2D eigenvalue weighted by Gasteiger charge is -2.26. The fourth-order valence-corrected chi connectivity index (χ4v) is 3.38. The molecule has 1 atom stereocenters. The molecule has 2 heterocycles. The Labute approximate surface area is 158 Å². The van der Waals surface area contributed by atoms with Crippen LogP contribution in [0.2, 0.25) is 0 Å². The van der Waals surface area contributed by atoms with E-state index < -0.39 is 0 Å². The van der Waals surface area contributed by atoms with Gasteiger partial charge in [-0.1, -0.05) is 18.2 Å². The van der Waals surface area contributed by atoms with Gasteiger partial charge in [0.15, 0.2) is 5.96 Å². The number of hydrogen-bond acceptors (Lipinski definition) is 5. The standard InChI is InChI=1S/C19H25N5O3/c1-20-19(21-13-15-7-2-3-8-16(15)24(25)26)22-14-17(18-9-6-12-27-18)23-10-4-5-11-23/h2-3,6-9,12,17H,4-5,10-11,13-14H2,1H3,(H2,20,21,22). The van der Waals surface area contributed by atoms with Gasteiger partial charge in [-0.15, -0.1) is 0 Å². The Balaban J connectivity index is 1.60. The van der Waals surface area contributed by atoms with Crippen molar-refractivity contribution in [1.29, 1.82) is 0 Å². The van der Waals surface area contributed by atoms with Gasteiger partial charge in [0.25, 0.3) is 5.69 Å². The zero-order valence-electron chi connectivity index (χ0n) is 15.4. The van der Waals surface area contributed by atoms with Gasteiger partial charge in [-0.05, 0) is 38.1 Å². The first-order chi connectivity index (χ1) is 13.2. The zero-order valence-corrected chi connectivity index (χ0v) is 15.4. The van der Waals surface area contributed by atoms with Crippen LogP contribution in [0.1, 0.15) is 30.2 Å². The third-order valence-corrected chi connectivity index (χ3v) is 4.77. The molecule has 1 aliphatic heterocycles. The van der Waals surface area contributed by atoms with Crippen LogP contribution in [-0.4, -0.2) is 42.5 Å². The van der Waals surface area contributed by atoms with E-state index in [0.29, 0.717) is 24.6 Å². The molecule has 1 fully saturated rings. The smallest absolute Gasteiger partial charge is 0.274 e. The van der Waals surface area contributed by atoms with Crippen LogP contribution in [0, 0.1) is 10.1 Å². The van der Waals surface area contributed by atoms with E-state index in [2.05, 4.69) is 20.5 Å². The molecule has 144 valence electrons. The average Bonchev–Trinajstić information content (AvgIpc) is 3.39. The van der Waals surface area contributed by atoms with Crippen molar-refractivity contribution in [2.24, 2.45) is 4.99 Å². The summed E-state index contributed by atoms with van der Waals surface area (Å²) in [7, 11) is 1.69. The highest BCUT2D eigenvalue weighted by atomic mass is 16.6. The molecule has 27 heavy (non-hydrogen) atoms. The van der Waals surface area contributed by atoms with Crippen LogP contribution in [0.3, 0.4) is 0 Å². The van der Waals surface area contributed by atoms with Gasteiger partial charge in [0, 0.05) is 31.8 Å². The Bertz CT molecular complexity index is 769. The Hall–Kier alpha value is -2.87. The van der Waals surface area contributed by atoms with E-state index in [1.54, 1.807) is 31.5 Å². The Morgan fingerprint density at radius 2 is 2.04 bits per heavy atom. The van der Waals surface area contributed by atoms with Crippen molar-refractivity contribution in [2.75, 3.05) is 26.7 Å². The van der Waals surface area contributed by atoms with Crippen LogP contribution in [0.4, 0.5) is 5.69 Å². The fourth-order valence-electron chi connectivity index (χ4n) is 3.38. The molecule has 1 aliphatic rings. The van der Waals surface area contributed by atoms with Gasteiger partial charge in [-0.2, -0.15) is 0 Å². The lowest BCUT2D eigenvalue weighted by molar-refractivity contribution is -0.385. The molecule has 8 nitrogen and oxygen atoms in total. The second kappa shape index (κ2) is 9.18. The Morgan fingerprint density at radius 3 is 2.70 bits per heavy atom. The van der Waals surface area contributed by atoms with Crippen molar-refractivity contribution in [3.63, 3.8) is 0 Å². The first-order valence-electron chi connectivity index (χ1n) is 9.13. The lowest BCUT2D eigenvalue weighted by atomic mass is 10.2. The second-order valence-corrected chi connectivity index (χ2v) is 6.47. The number of likely N-dealkylation sites (tertiary alicyclic amines) is 1. The molecule has 0 bridgehead atoms. The van der Waals surface area contributed by atoms with Crippen LogP contribution in [0.15, 0.2) is 52.1 Å². The van der Waals surface area contributed by atoms with Crippen molar-refractivity contribution in [3.8, 4) is 0 Å². The number of benzene rings is 1. The molecule has 1 unspecified atom stereocenters. The maximum Gasteiger partial charge on any atom is 0.274 e. The SMILES string of the molecule is CN=C(NCc1ccccc1[N+](=O)[O-])NCC(c1ccco1)N1CCCC1. The summed E-state index contributed by atoms with van der Waals surface area (Å²) in [6.07, 6.45) is 4.09. The molecule has 2 aromatic rings. The topological polar surface area (TPSA) is 95.9 Å². The minimum Gasteiger partial charge on any atom is -0.468 e. The zero-order chi connectivity index (χ0) is 19.1. The molecule has 0 aliphatic carbocycles. The van der Waals surface area contributed by atoms with Gasteiger partial charge in [0.05, 0.1) is 17.2 Å². The van der Waals surface area contributed by atoms with Crippen molar-refractivity contribution in [2.45, 2.75) is 25.4 Å². The molecule has 0 spiro atoms. The summed E-state index contributed by atoms with van der Waals surface area (Å²) in [5.74, 6) is 1.53. The fraction of sp³-hybridized carbons (Fsp3) is 0.421. The van der Waals surface area contributed by atoms with E-state index in [9.17, 15) is 10.1 Å². The van der Waals surface area contributed by atoms with Gasteiger partial charge in [0.2, 0.25) is 0 Å². The van der Waals surface area contributed by atoms with Crippen molar-refractivity contribution >= 4 is 11.6 Å². The molecule has 0 radical (unpaired) electrons. The summed E-state index contributed by atoms with van der Waals surface area (Å²) < 4.78 is 5.63. The largest absolute Gasteiger partial charge is 0.468 e. The van der Waals surface area contributed by atoms with Crippen LogP contribution in [0.5, 0.6) is 0 Å². The van der Waals surface area contributed by atoms with Gasteiger partial charge in [-0.3, -0.25) is 20.0 Å². The van der Waals surface area contributed by atoms with Crippen molar-refractivity contribution in [3.05, 3.63) is 64.1 Å². The molecule has 1 aromatic heterocycles. The average molecular weight is 371 g/mol. The summed E-state index contributed by atoms with van der Waals surface area (Å²) in [4.78, 5) is 17.4. The Morgan fingerprint density at radius 1 is 1.26 bits per heavy atom. The van der Waals surface area contributed by atoms with E-state index in [4.69, 9.17) is 4.42 Å². The molecule has 1 saturated heterocycles. The number of para-hydroxylation sites is 1. The Kier molecular flexibility index (Phi) is 6.43. The van der Waals surface area contributed by atoms with Crippen LogP contribution in [-0.2, 0) is 6.54 Å². The summed E-state index contributed by atoms with van der Waals surface area (Å²) in [5.41, 5.74) is 0.721. The number of guanidine groups is 1. The second-order valence-electron chi connectivity index (χ2n) is 6.47. The molecule has 0 saturated carbocycles. The summed E-state index contributed by atoms with van der Waals surface area (Å²) in [6, 6.07) is 10.7. The molecule has 8 heteroatoms. The maximum atomic E-state index is 11.1. The number of furan rings is 1. The first-order valence-corrected chi connectivity index (χ1v) is 9.13. The number of nitrogens with zero attached hydrogens (tertiary/aromatic N) is 3. The minimum absolute atomic E-state index is 0.103. The third kappa shape index (κ3) is 4.85. The summed E-state index contributed by atoms with van der Waals surface area (Å²) >= 11 is 0. The normalized spacial score (nSPS) is 16.3. The highest BCUT2D eigenvalue weighted by molar-refractivity contribution is 5.79. The minimum atomic E-state index is -0.368. The molecular formula is C19H25N5O3.